The van der Waals surface area contributed by atoms with E-state index in [2.05, 4.69) is 0 Å². The average molecular weight is 369 g/mol. The summed E-state index contributed by atoms with van der Waals surface area (Å²) >= 11 is 0. The Morgan fingerprint density at radius 2 is 1.48 bits per heavy atom. The van der Waals surface area contributed by atoms with Gasteiger partial charge in [-0.15, -0.1) is 0 Å². The second-order valence-electron chi connectivity index (χ2n) is 5.96. The maximum atomic E-state index is 9.81. The molecule has 27 heavy (non-hydrogen) atoms. The van der Waals surface area contributed by atoms with E-state index in [0.717, 1.165) is 21.9 Å². The third-order valence-electron chi connectivity index (χ3n) is 4.57. The first-order valence-electron chi connectivity index (χ1n) is 8.38. The molecule has 6 nitrogen and oxygen atoms in total. The van der Waals surface area contributed by atoms with Gasteiger partial charge in [0.1, 0.15) is 0 Å². The highest BCUT2D eigenvalue weighted by atomic mass is 16.5. The van der Waals surface area contributed by atoms with Gasteiger partial charge in [0.2, 0.25) is 0 Å². The third-order valence-corrected chi connectivity index (χ3v) is 4.57. The van der Waals surface area contributed by atoms with Crippen molar-refractivity contribution in [2.75, 3.05) is 34.2 Å². The molecule has 0 aromatic heterocycles. The van der Waals surface area contributed by atoms with Crippen LogP contribution in [0.3, 0.4) is 0 Å². The number of methoxy groups -OCH3 is 4. The molecule has 0 bridgehead atoms. The summed E-state index contributed by atoms with van der Waals surface area (Å²) in [5.74, 6) is 2.15. The van der Waals surface area contributed by atoms with Crippen LogP contribution in [-0.4, -0.2) is 33.5 Å². The zero-order chi connectivity index (χ0) is 19.6. The second kappa shape index (κ2) is 7.63. The molecule has 0 saturated carbocycles. The number of anilines is 1. The van der Waals surface area contributed by atoms with Gasteiger partial charge in [-0.05, 0) is 35.2 Å². The van der Waals surface area contributed by atoms with Crippen LogP contribution >= 0.6 is 0 Å². The van der Waals surface area contributed by atoms with E-state index < -0.39 is 0 Å². The number of aliphatic hydroxyl groups is 1. The minimum atomic E-state index is -0.195. The van der Waals surface area contributed by atoms with Crippen molar-refractivity contribution >= 4 is 16.5 Å². The number of nitrogen functional groups attached to an aromatic ring is 1. The molecule has 142 valence electrons. The summed E-state index contributed by atoms with van der Waals surface area (Å²) in [6.07, 6.45) is 0. The van der Waals surface area contributed by atoms with Crippen molar-refractivity contribution in [2.45, 2.75) is 6.61 Å². The van der Waals surface area contributed by atoms with Gasteiger partial charge in [-0.1, -0.05) is 12.1 Å². The van der Waals surface area contributed by atoms with E-state index in [9.17, 15) is 5.11 Å². The minimum absolute atomic E-state index is 0.195. The molecular weight excluding hydrogens is 346 g/mol. The normalized spacial score (nSPS) is 10.7. The standard InChI is InChI=1S/C21H23NO5/c1-24-17-9-12(8-13(11-23)20(17)26-3)19-14-6-5-7-16(22)15(14)10-18(25-2)21(19)27-4/h5-10,23H,11,22H2,1-4H3. The van der Waals surface area contributed by atoms with E-state index in [1.807, 2.05) is 36.4 Å². The highest BCUT2D eigenvalue weighted by molar-refractivity contribution is 6.06. The first-order valence-corrected chi connectivity index (χ1v) is 8.38. The van der Waals surface area contributed by atoms with Crippen molar-refractivity contribution in [3.8, 4) is 34.1 Å². The smallest absolute Gasteiger partial charge is 0.169 e. The van der Waals surface area contributed by atoms with E-state index in [1.165, 1.54) is 0 Å². The van der Waals surface area contributed by atoms with Crippen LogP contribution in [0.2, 0.25) is 0 Å². The van der Waals surface area contributed by atoms with Crippen molar-refractivity contribution in [3.63, 3.8) is 0 Å². The quantitative estimate of drug-likeness (QED) is 0.646. The molecule has 3 aromatic rings. The number of fused-ring (bicyclic) bond motifs is 1. The lowest BCUT2D eigenvalue weighted by Gasteiger charge is -2.19. The molecule has 3 aromatic carbocycles. The largest absolute Gasteiger partial charge is 0.493 e. The van der Waals surface area contributed by atoms with Crippen LogP contribution in [0.5, 0.6) is 23.0 Å². The van der Waals surface area contributed by atoms with Crippen LogP contribution in [-0.2, 0) is 6.61 Å². The van der Waals surface area contributed by atoms with Crippen LogP contribution < -0.4 is 24.7 Å². The Morgan fingerprint density at radius 1 is 0.815 bits per heavy atom. The summed E-state index contributed by atoms with van der Waals surface area (Å²) in [5.41, 5.74) is 9.03. The van der Waals surface area contributed by atoms with Gasteiger partial charge in [-0.3, -0.25) is 0 Å². The summed E-state index contributed by atoms with van der Waals surface area (Å²) < 4.78 is 22.1. The Labute approximate surface area is 158 Å². The SMILES string of the molecule is COc1cc(-c2c(OC)c(OC)cc3c(N)cccc23)cc(CO)c1OC. The van der Waals surface area contributed by atoms with E-state index in [4.69, 9.17) is 24.7 Å². The molecule has 0 fully saturated rings. The fourth-order valence-corrected chi connectivity index (χ4v) is 3.35. The highest BCUT2D eigenvalue weighted by Crippen LogP contribution is 2.47. The topological polar surface area (TPSA) is 83.2 Å². The Balaban J connectivity index is 2.45. The molecule has 6 heteroatoms. The molecule has 0 aliphatic heterocycles. The zero-order valence-corrected chi connectivity index (χ0v) is 15.8. The fraction of sp³-hybridized carbons (Fsp3) is 0.238. The van der Waals surface area contributed by atoms with Crippen LogP contribution in [0.1, 0.15) is 5.56 Å². The molecular formula is C21H23NO5. The van der Waals surface area contributed by atoms with Gasteiger partial charge in [0.15, 0.2) is 23.0 Å². The van der Waals surface area contributed by atoms with E-state index >= 15 is 0 Å². The number of hydrogen-bond acceptors (Lipinski definition) is 6. The highest BCUT2D eigenvalue weighted by Gasteiger charge is 2.21. The molecule has 0 radical (unpaired) electrons. The minimum Gasteiger partial charge on any atom is -0.493 e. The first kappa shape index (κ1) is 18.7. The summed E-state index contributed by atoms with van der Waals surface area (Å²) in [7, 11) is 6.27. The van der Waals surface area contributed by atoms with Crippen LogP contribution in [0.15, 0.2) is 36.4 Å². The molecule has 3 N–H and O–H groups in total. The van der Waals surface area contributed by atoms with Gasteiger partial charge < -0.3 is 29.8 Å². The second-order valence-corrected chi connectivity index (χ2v) is 5.96. The summed E-state index contributed by atoms with van der Waals surface area (Å²) in [6.45, 7) is -0.195. The van der Waals surface area contributed by atoms with Gasteiger partial charge >= 0.3 is 0 Å². The predicted molar refractivity (Wildman–Crippen MR) is 106 cm³/mol. The van der Waals surface area contributed by atoms with Gasteiger partial charge in [0, 0.05) is 22.2 Å². The molecule has 0 saturated heterocycles. The van der Waals surface area contributed by atoms with Crippen LogP contribution in [0.25, 0.3) is 21.9 Å². The van der Waals surface area contributed by atoms with Crippen molar-refractivity contribution in [1.29, 1.82) is 0 Å². The molecule has 0 atom stereocenters. The summed E-state index contributed by atoms with van der Waals surface area (Å²) in [5, 5.41) is 11.6. The number of rotatable bonds is 6. The Hall–Kier alpha value is -3.12. The zero-order valence-electron chi connectivity index (χ0n) is 15.8. The van der Waals surface area contributed by atoms with Gasteiger partial charge in [0.25, 0.3) is 0 Å². The summed E-state index contributed by atoms with van der Waals surface area (Å²) in [4.78, 5) is 0. The van der Waals surface area contributed by atoms with E-state index in [-0.39, 0.29) is 6.61 Å². The van der Waals surface area contributed by atoms with Gasteiger partial charge in [-0.2, -0.15) is 0 Å². The first-order chi connectivity index (χ1) is 13.1. The lowest BCUT2D eigenvalue weighted by molar-refractivity contribution is 0.270. The maximum Gasteiger partial charge on any atom is 0.169 e. The number of ether oxygens (including phenoxy) is 4. The molecule has 0 aliphatic carbocycles. The van der Waals surface area contributed by atoms with E-state index in [0.29, 0.717) is 34.2 Å². The van der Waals surface area contributed by atoms with Crippen molar-refractivity contribution in [2.24, 2.45) is 0 Å². The van der Waals surface area contributed by atoms with Crippen molar-refractivity contribution in [3.05, 3.63) is 42.0 Å². The number of nitrogens with two attached hydrogens (primary N) is 1. The third kappa shape index (κ3) is 3.08. The maximum absolute atomic E-state index is 9.81. The molecule has 0 unspecified atom stereocenters. The lowest BCUT2D eigenvalue weighted by atomic mass is 9.94. The number of hydrogen-bond donors (Lipinski definition) is 2. The molecule has 0 spiro atoms. The van der Waals surface area contributed by atoms with Crippen molar-refractivity contribution < 1.29 is 24.1 Å². The molecule has 0 heterocycles. The predicted octanol–water partition coefficient (Wildman–Crippen LogP) is 3.62. The molecule has 0 aliphatic rings. The number of aliphatic hydroxyl groups excluding tert-OH is 1. The van der Waals surface area contributed by atoms with Gasteiger partial charge in [-0.25, -0.2) is 0 Å². The molecule has 3 rings (SSSR count). The van der Waals surface area contributed by atoms with Gasteiger partial charge in [0.05, 0.1) is 35.0 Å². The Bertz CT molecular complexity index is 959. The summed E-state index contributed by atoms with van der Waals surface area (Å²) in [6, 6.07) is 11.3. The fourth-order valence-electron chi connectivity index (χ4n) is 3.35. The Kier molecular flexibility index (Phi) is 5.28. The monoisotopic (exact) mass is 369 g/mol. The lowest BCUT2D eigenvalue weighted by Crippen LogP contribution is -2.00. The van der Waals surface area contributed by atoms with Crippen LogP contribution in [0, 0.1) is 0 Å². The Morgan fingerprint density at radius 3 is 2.07 bits per heavy atom. The van der Waals surface area contributed by atoms with E-state index in [1.54, 1.807) is 28.4 Å². The molecule has 0 amide bonds. The number of benzene rings is 3. The van der Waals surface area contributed by atoms with Crippen LogP contribution in [0.4, 0.5) is 5.69 Å². The average Bonchev–Trinajstić information content (AvgIpc) is 2.71. The van der Waals surface area contributed by atoms with Crippen molar-refractivity contribution in [1.82, 2.24) is 0 Å².